The van der Waals surface area contributed by atoms with Crippen LogP contribution in [0, 0.1) is 0 Å². The van der Waals surface area contributed by atoms with Gasteiger partial charge in [-0.2, -0.15) is 0 Å². The first-order valence-electron chi connectivity index (χ1n) is 19.9. The van der Waals surface area contributed by atoms with Crippen molar-refractivity contribution in [3.63, 3.8) is 0 Å². The van der Waals surface area contributed by atoms with E-state index < -0.39 is 0 Å². The lowest BCUT2D eigenvalue weighted by atomic mass is 9.88. The maximum absolute atomic E-state index is 5.55. The van der Waals surface area contributed by atoms with E-state index in [0.717, 1.165) is 54.4 Å². The van der Waals surface area contributed by atoms with Crippen molar-refractivity contribution in [2.45, 2.75) is 0 Å². The van der Waals surface area contributed by atoms with Gasteiger partial charge in [-0.25, -0.2) is 15.0 Å². The Hall–Kier alpha value is -7.53. The third-order valence-corrected chi connectivity index (χ3v) is 13.0. The molecule has 0 unspecified atom stereocenters. The third-order valence-electron chi connectivity index (χ3n) is 11.7. The van der Waals surface area contributed by atoms with Crippen molar-refractivity contribution in [2.75, 3.05) is 0 Å². The zero-order chi connectivity index (χ0) is 38.9. The number of nitrogens with zero attached hydrogens (tertiary/aromatic N) is 3. The highest BCUT2D eigenvalue weighted by Crippen LogP contribution is 2.45. The molecule has 0 radical (unpaired) electrons. The van der Waals surface area contributed by atoms with Crippen molar-refractivity contribution < 1.29 is 0 Å². The van der Waals surface area contributed by atoms with Crippen LogP contribution in [-0.4, -0.2) is 15.0 Å². The van der Waals surface area contributed by atoms with E-state index in [4.69, 9.17) is 15.0 Å². The molecule has 0 aliphatic heterocycles. The van der Waals surface area contributed by atoms with Crippen LogP contribution in [0.25, 0.3) is 120 Å². The van der Waals surface area contributed by atoms with Crippen LogP contribution < -0.4 is 0 Å². The molecule has 12 rings (SSSR count). The molecule has 12 aromatic rings. The average Bonchev–Trinajstić information content (AvgIpc) is 3.70. The van der Waals surface area contributed by atoms with Gasteiger partial charge in [-0.1, -0.05) is 182 Å². The monoisotopic (exact) mass is 767 g/mol. The number of fused-ring (bicyclic) bond motifs is 8. The Bertz CT molecular complexity index is 3630. The second-order valence-corrected chi connectivity index (χ2v) is 16.1. The minimum absolute atomic E-state index is 0.633. The summed E-state index contributed by atoms with van der Waals surface area (Å²) in [6, 6.07) is 71.6. The minimum Gasteiger partial charge on any atom is -0.208 e. The molecule has 0 fully saturated rings. The van der Waals surface area contributed by atoms with Crippen molar-refractivity contribution in [2.24, 2.45) is 0 Å². The molecule has 3 nitrogen and oxygen atoms in total. The van der Waals surface area contributed by atoms with Crippen LogP contribution in [0.4, 0.5) is 0 Å². The van der Waals surface area contributed by atoms with E-state index in [-0.39, 0.29) is 0 Å². The summed E-state index contributed by atoms with van der Waals surface area (Å²) in [5, 5.41) is 11.9. The fraction of sp³-hybridized carbons (Fsp3) is 0. The fourth-order valence-corrected chi connectivity index (χ4v) is 10.3. The van der Waals surface area contributed by atoms with Crippen LogP contribution in [-0.2, 0) is 0 Å². The maximum Gasteiger partial charge on any atom is 0.165 e. The molecule has 2 heterocycles. The Balaban J connectivity index is 1.19. The van der Waals surface area contributed by atoms with Crippen molar-refractivity contribution in [1.82, 2.24) is 15.0 Å². The number of benzene rings is 10. The molecule has 0 amide bonds. The first-order valence-corrected chi connectivity index (χ1v) is 20.8. The lowest BCUT2D eigenvalue weighted by Crippen LogP contribution is -2.03. The zero-order valence-electron chi connectivity index (χ0n) is 31.8. The number of hydrogen-bond acceptors (Lipinski definition) is 4. The summed E-state index contributed by atoms with van der Waals surface area (Å²) in [7, 11) is 0. The summed E-state index contributed by atoms with van der Waals surface area (Å²) in [4.78, 5) is 16.5. The summed E-state index contributed by atoms with van der Waals surface area (Å²) >= 11 is 1.79. The van der Waals surface area contributed by atoms with Crippen LogP contribution >= 0.6 is 11.3 Å². The van der Waals surface area contributed by atoms with Gasteiger partial charge in [-0.15, -0.1) is 11.3 Å². The molecule has 0 saturated heterocycles. The zero-order valence-corrected chi connectivity index (χ0v) is 32.6. The van der Waals surface area contributed by atoms with E-state index in [0.29, 0.717) is 17.5 Å². The summed E-state index contributed by atoms with van der Waals surface area (Å²) in [6.45, 7) is 0. The number of hydrogen-bond donors (Lipinski definition) is 0. The normalized spacial score (nSPS) is 11.7. The van der Waals surface area contributed by atoms with E-state index in [1.807, 2.05) is 0 Å². The van der Waals surface area contributed by atoms with Gasteiger partial charge >= 0.3 is 0 Å². The summed E-state index contributed by atoms with van der Waals surface area (Å²) in [5.74, 6) is 1.92. The van der Waals surface area contributed by atoms with Crippen LogP contribution in [0.3, 0.4) is 0 Å². The molecule has 0 saturated carbocycles. The van der Waals surface area contributed by atoms with Crippen LogP contribution in [0.2, 0.25) is 0 Å². The topological polar surface area (TPSA) is 38.7 Å². The van der Waals surface area contributed by atoms with E-state index in [9.17, 15) is 0 Å². The van der Waals surface area contributed by atoms with Crippen molar-refractivity contribution in [3.05, 3.63) is 200 Å². The van der Waals surface area contributed by atoms with Gasteiger partial charge in [0.05, 0.1) is 0 Å². The van der Waals surface area contributed by atoms with Gasteiger partial charge in [0.25, 0.3) is 0 Å². The molecule has 10 aromatic carbocycles. The fourth-order valence-electron chi connectivity index (χ4n) is 9.04. The predicted molar refractivity (Wildman–Crippen MR) is 250 cm³/mol. The number of thiophene rings is 1. The van der Waals surface area contributed by atoms with Crippen LogP contribution in [0.5, 0.6) is 0 Å². The van der Waals surface area contributed by atoms with Gasteiger partial charge in [0.2, 0.25) is 0 Å². The second kappa shape index (κ2) is 13.6. The summed E-state index contributed by atoms with van der Waals surface area (Å²) < 4.78 is 2.41. The molecule has 4 heteroatoms. The predicted octanol–water partition coefficient (Wildman–Crippen LogP) is 15.2. The molecule has 0 bridgehead atoms. The minimum atomic E-state index is 0.633. The lowest BCUT2D eigenvalue weighted by molar-refractivity contribution is 1.08. The molecular weight excluding hydrogens is 735 g/mol. The van der Waals surface area contributed by atoms with E-state index in [2.05, 4.69) is 200 Å². The molecule has 0 aliphatic rings. The van der Waals surface area contributed by atoms with Gasteiger partial charge in [0, 0.05) is 36.9 Å². The molecule has 0 spiro atoms. The maximum atomic E-state index is 5.55. The average molecular weight is 768 g/mol. The molecule has 274 valence electrons. The largest absolute Gasteiger partial charge is 0.208 e. The Labute approximate surface area is 344 Å². The standard InChI is InChI=1S/C55H33N3S/c1-4-19-37-34(15-1)18-13-27-41(37)42-23-9-10-26-47(42)53-56-54(48-29-14-28-46-44-25-11-12-30-50(44)59-52(46)48)58-55(57-53)51-39-21-6-2-16-35(39)31-32-45(51)49-33-36-17-3-5-20-38(36)40-22-7-8-24-43(40)49/h1-33H. The van der Waals surface area contributed by atoms with E-state index >= 15 is 0 Å². The molecule has 0 aliphatic carbocycles. The van der Waals surface area contributed by atoms with Crippen molar-refractivity contribution in [1.29, 1.82) is 0 Å². The molecule has 2 aromatic heterocycles. The third kappa shape index (κ3) is 5.45. The number of rotatable bonds is 5. The molecule has 59 heavy (non-hydrogen) atoms. The van der Waals surface area contributed by atoms with Crippen LogP contribution in [0.1, 0.15) is 0 Å². The summed E-state index contributed by atoms with van der Waals surface area (Å²) in [5.41, 5.74) is 7.37. The summed E-state index contributed by atoms with van der Waals surface area (Å²) in [6.07, 6.45) is 0. The molecule has 0 N–H and O–H groups in total. The Kier molecular flexibility index (Phi) is 7.72. The van der Waals surface area contributed by atoms with E-state index in [1.54, 1.807) is 11.3 Å². The smallest absolute Gasteiger partial charge is 0.165 e. The van der Waals surface area contributed by atoms with Gasteiger partial charge in [0.15, 0.2) is 17.5 Å². The van der Waals surface area contributed by atoms with Gasteiger partial charge in [0.1, 0.15) is 0 Å². The number of aromatic nitrogens is 3. The first kappa shape index (κ1) is 33.6. The van der Waals surface area contributed by atoms with Gasteiger partial charge in [-0.05, 0) is 83.5 Å². The Morgan fingerprint density at radius 1 is 0.271 bits per heavy atom. The Morgan fingerprint density at radius 3 is 1.63 bits per heavy atom. The molecule has 0 atom stereocenters. The van der Waals surface area contributed by atoms with E-state index in [1.165, 1.54) is 47.8 Å². The van der Waals surface area contributed by atoms with Gasteiger partial charge in [-0.3, -0.25) is 0 Å². The SMILES string of the molecule is c1ccc(-c2cccc3ccccc23)c(-c2nc(-c3c(-c4cc5ccccc5c5ccccc45)ccc4ccccc34)nc(-c3cccc4c3sc3ccccc34)n2)c1. The second-order valence-electron chi connectivity index (χ2n) is 15.1. The van der Waals surface area contributed by atoms with Crippen molar-refractivity contribution in [3.8, 4) is 56.4 Å². The highest BCUT2D eigenvalue weighted by atomic mass is 32.1. The van der Waals surface area contributed by atoms with Gasteiger partial charge < -0.3 is 0 Å². The highest BCUT2D eigenvalue weighted by Gasteiger charge is 2.23. The quantitative estimate of drug-likeness (QED) is 0.164. The van der Waals surface area contributed by atoms with Crippen LogP contribution in [0.15, 0.2) is 200 Å². The first-order chi connectivity index (χ1) is 29.3. The molecular formula is C55H33N3S. The lowest BCUT2D eigenvalue weighted by Gasteiger charge is -2.18. The highest BCUT2D eigenvalue weighted by molar-refractivity contribution is 7.26. The Morgan fingerprint density at radius 2 is 0.797 bits per heavy atom. The van der Waals surface area contributed by atoms with Crippen molar-refractivity contribution >= 4 is 74.6 Å².